The van der Waals surface area contributed by atoms with Crippen LogP contribution in [0.4, 0.5) is 5.69 Å². The van der Waals surface area contributed by atoms with E-state index in [0.717, 1.165) is 57.7 Å². The minimum Gasteiger partial charge on any atom is -0.369 e. The van der Waals surface area contributed by atoms with Gasteiger partial charge in [0, 0.05) is 63.8 Å². The zero-order valence-corrected chi connectivity index (χ0v) is 17.7. The van der Waals surface area contributed by atoms with Crippen LogP contribution in [-0.4, -0.2) is 66.6 Å². The number of amides is 1. The monoisotopic (exact) mass is 409 g/mol. The zero-order valence-electron chi connectivity index (χ0n) is 17.7. The predicted molar refractivity (Wildman–Crippen MR) is 119 cm³/mol. The van der Waals surface area contributed by atoms with E-state index in [2.05, 4.69) is 45.3 Å². The molecule has 1 fully saturated rings. The summed E-state index contributed by atoms with van der Waals surface area (Å²) >= 11 is 0. The van der Waals surface area contributed by atoms with Crippen molar-refractivity contribution in [3.8, 4) is 0 Å². The van der Waals surface area contributed by atoms with E-state index in [-0.39, 0.29) is 5.91 Å². The Kier molecular flexibility index (Phi) is 6.47. The maximum Gasteiger partial charge on any atom is 0.270 e. The highest BCUT2D eigenvalue weighted by Crippen LogP contribution is 2.30. The molecule has 3 heterocycles. The molecule has 2 aromatic rings. The fraction of sp³-hybridized carbons (Fsp3) is 0.522. The van der Waals surface area contributed by atoms with Crippen LogP contribution in [0.2, 0.25) is 0 Å². The first-order valence-electron chi connectivity index (χ1n) is 11.0. The Balaban J connectivity index is 1.26. The maximum absolute atomic E-state index is 12.8. The van der Waals surface area contributed by atoms with Crippen LogP contribution in [0.1, 0.15) is 41.4 Å². The number of carbonyl (C=O) groups excluding carboxylic acids is 1. The minimum absolute atomic E-state index is 0.00168. The number of nitroso groups, excluding NO2 is 1. The lowest BCUT2D eigenvalue weighted by atomic mass is 10.1. The van der Waals surface area contributed by atoms with Gasteiger partial charge in [0.25, 0.3) is 5.91 Å². The molecule has 1 aromatic heterocycles. The van der Waals surface area contributed by atoms with Gasteiger partial charge in [-0.25, -0.2) is 0 Å². The fourth-order valence-corrected chi connectivity index (χ4v) is 4.54. The van der Waals surface area contributed by atoms with Crippen molar-refractivity contribution in [1.29, 1.82) is 0 Å². The number of fused-ring (bicyclic) bond motifs is 1. The van der Waals surface area contributed by atoms with E-state index in [4.69, 9.17) is 0 Å². The second-order valence-corrected chi connectivity index (χ2v) is 8.32. The summed E-state index contributed by atoms with van der Waals surface area (Å²) in [6.07, 6.45) is 4.64. The highest BCUT2D eigenvalue weighted by Gasteiger charge is 2.30. The quantitative estimate of drug-likeness (QED) is 0.520. The number of hydrogen-bond donors (Lipinski definition) is 0. The van der Waals surface area contributed by atoms with Gasteiger partial charge in [-0.05, 0) is 44.0 Å². The summed E-state index contributed by atoms with van der Waals surface area (Å²) in [7, 11) is 1.80. The number of carbonyl (C=O) groups is 1. The van der Waals surface area contributed by atoms with Gasteiger partial charge < -0.3 is 14.4 Å². The molecule has 1 saturated heterocycles. The second kappa shape index (κ2) is 9.43. The lowest BCUT2D eigenvalue weighted by molar-refractivity contribution is 0.0788. The van der Waals surface area contributed by atoms with Crippen LogP contribution in [0.15, 0.2) is 47.8 Å². The molecular weight excluding hydrogens is 378 g/mol. The predicted octanol–water partition coefficient (Wildman–Crippen LogP) is 3.37. The summed E-state index contributed by atoms with van der Waals surface area (Å²) in [5.74, 6) is -0.00168. The third-order valence-corrected chi connectivity index (χ3v) is 6.39. The highest BCUT2D eigenvalue weighted by atomic mass is 16.3. The van der Waals surface area contributed by atoms with Crippen molar-refractivity contribution in [1.82, 2.24) is 14.4 Å². The van der Waals surface area contributed by atoms with Crippen LogP contribution in [0.25, 0.3) is 0 Å². The first-order chi connectivity index (χ1) is 14.7. The molecule has 0 saturated carbocycles. The molecule has 0 bridgehead atoms. The molecule has 160 valence electrons. The average Bonchev–Trinajstić information content (AvgIpc) is 3.16. The van der Waals surface area contributed by atoms with Crippen LogP contribution in [0.5, 0.6) is 0 Å². The molecule has 0 spiro atoms. The molecule has 0 radical (unpaired) electrons. The Bertz CT molecular complexity index is 858. The number of aromatic nitrogens is 1. The Labute approximate surface area is 178 Å². The van der Waals surface area contributed by atoms with Crippen LogP contribution >= 0.6 is 0 Å². The van der Waals surface area contributed by atoms with Gasteiger partial charge in [-0.1, -0.05) is 23.4 Å². The molecule has 7 heteroatoms. The Morgan fingerprint density at radius 1 is 0.967 bits per heavy atom. The third-order valence-electron chi connectivity index (χ3n) is 6.39. The molecule has 2 aliphatic rings. The van der Waals surface area contributed by atoms with Crippen molar-refractivity contribution >= 4 is 11.6 Å². The van der Waals surface area contributed by atoms with Gasteiger partial charge in [-0.3, -0.25) is 9.69 Å². The molecule has 4 rings (SSSR count). The number of benzene rings is 1. The number of nitrogens with zero attached hydrogens (tertiary/aromatic N) is 5. The number of aryl methyl sites for hydroxylation is 1. The van der Waals surface area contributed by atoms with Gasteiger partial charge >= 0.3 is 0 Å². The van der Waals surface area contributed by atoms with Crippen molar-refractivity contribution in [2.45, 2.75) is 31.8 Å². The highest BCUT2D eigenvalue weighted by molar-refractivity contribution is 5.94. The molecular formula is C23H31N5O2. The summed E-state index contributed by atoms with van der Waals surface area (Å²) < 4.78 is 2.02. The summed E-state index contributed by atoms with van der Waals surface area (Å²) in [6.45, 7) is 6.75. The first kappa shape index (κ1) is 20.6. The van der Waals surface area contributed by atoms with Gasteiger partial charge in [-0.2, -0.15) is 4.91 Å². The van der Waals surface area contributed by atoms with Crippen LogP contribution < -0.4 is 4.90 Å². The molecule has 1 amide bonds. The SMILES string of the molecule is CN1CCC(N=O)c2ccn(CCCCN3CCN(c4ccccc4)CC3)c2C1=O. The molecule has 1 aromatic carbocycles. The van der Waals surface area contributed by atoms with E-state index in [0.29, 0.717) is 18.7 Å². The van der Waals surface area contributed by atoms with E-state index in [1.807, 2.05) is 16.8 Å². The molecule has 1 atom stereocenters. The smallest absolute Gasteiger partial charge is 0.270 e. The molecule has 7 nitrogen and oxygen atoms in total. The Morgan fingerprint density at radius 2 is 1.70 bits per heavy atom. The molecule has 1 unspecified atom stereocenters. The molecule has 30 heavy (non-hydrogen) atoms. The van der Waals surface area contributed by atoms with Gasteiger partial charge in [0.15, 0.2) is 0 Å². The van der Waals surface area contributed by atoms with Crippen LogP contribution in [0, 0.1) is 4.91 Å². The zero-order chi connectivity index (χ0) is 20.9. The van der Waals surface area contributed by atoms with Gasteiger partial charge in [0.05, 0.1) is 0 Å². The van der Waals surface area contributed by atoms with Gasteiger partial charge in [0.1, 0.15) is 11.7 Å². The summed E-state index contributed by atoms with van der Waals surface area (Å²) in [5.41, 5.74) is 2.75. The van der Waals surface area contributed by atoms with Crippen molar-refractivity contribution in [2.75, 3.05) is 51.2 Å². The van der Waals surface area contributed by atoms with Gasteiger partial charge in [-0.15, -0.1) is 0 Å². The minimum atomic E-state index is -0.420. The Hall–Kier alpha value is -2.67. The Morgan fingerprint density at radius 3 is 2.43 bits per heavy atom. The number of hydrogen-bond acceptors (Lipinski definition) is 5. The second-order valence-electron chi connectivity index (χ2n) is 8.32. The van der Waals surface area contributed by atoms with Crippen molar-refractivity contribution in [3.63, 3.8) is 0 Å². The summed E-state index contributed by atoms with van der Waals surface area (Å²) in [5, 5.41) is 3.26. The fourth-order valence-electron chi connectivity index (χ4n) is 4.54. The van der Waals surface area contributed by atoms with E-state index in [9.17, 15) is 9.70 Å². The van der Waals surface area contributed by atoms with Gasteiger partial charge in [0.2, 0.25) is 0 Å². The average molecular weight is 410 g/mol. The number of unbranched alkanes of at least 4 members (excludes halogenated alkanes) is 1. The van der Waals surface area contributed by atoms with E-state index in [1.54, 1.807) is 11.9 Å². The van der Waals surface area contributed by atoms with Crippen LogP contribution in [0.3, 0.4) is 0 Å². The van der Waals surface area contributed by atoms with Crippen molar-refractivity contribution < 1.29 is 4.79 Å². The lowest BCUT2D eigenvalue weighted by Crippen LogP contribution is -2.46. The largest absolute Gasteiger partial charge is 0.369 e. The molecule has 0 N–H and O–H groups in total. The maximum atomic E-state index is 12.8. The van der Waals surface area contributed by atoms with Crippen molar-refractivity contribution in [2.24, 2.45) is 5.18 Å². The molecule has 2 aliphatic heterocycles. The van der Waals surface area contributed by atoms with E-state index >= 15 is 0 Å². The van der Waals surface area contributed by atoms with E-state index < -0.39 is 6.04 Å². The number of rotatable bonds is 7. The lowest BCUT2D eigenvalue weighted by Gasteiger charge is -2.36. The topological polar surface area (TPSA) is 61.2 Å². The van der Waals surface area contributed by atoms with E-state index in [1.165, 1.54) is 5.69 Å². The summed E-state index contributed by atoms with van der Waals surface area (Å²) in [4.78, 5) is 30.7. The van der Waals surface area contributed by atoms with Crippen molar-refractivity contribution in [3.05, 3.63) is 58.8 Å². The normalized spacial score (nSPS) is 20.2. The molecule has 0 aliphatic carbocycles. The summed E-state index contributed by atoms with van der Waals surface area (Å²) in [6, 6.07) is 12.1. The first-order valence-corrected chi connectivity index (χ1v) is 11.0. The standard InChI is InChI=1S/C23H31N5O2/c1-25-13-10-21(24-30)20-9-14-28(22(20)23(25)29)12-6-5-11-26-15-17-27(18-16-26)19-7-3-2-4-8-19/h2-4,7-9,14,21H,5-6,10-13,15-18H2,1H3. The number of para-hydroxylation sites is 1. The third kappa shape index (κ3) is 4.41. The van der Waals surface area contributed by atoms with Crippen LogP contribution in [-0.2, 0) is 6.54 Å². The number of piperazine rings is 1. The number of anilines is 1.